The lowest BCUT2D eigenvalue weighted by Crippen LogP contribution is -1.90. The van der Waals surface area contributed by atoms with Gasteiger partial charge in [0.1, 0.15) is 0 Å². The molecule has 66 valence electrons. The first-order chi connectivity index (χ1) is 5.77. The molecule has 1 saturated carbocycles. The van der Waals surface area contributed by atoms with Crippen LogP contribution in [0.2, 0.25) is 0 Å². The summed E-state index contributed by atoms with van der Waals surface area (Å²) in [6.07, 6.45) is 5.55. The number of hydrogen-bond donors (Lipinski definition) is 0. The van der Waals surface area contributed by atoms with Gasteiger partial charge in [0.2, 0.25) is 0 Å². The molecule has 1 aliphatic rings. The van der Waals surface area contributed by atoms with Crippen molar-refractivity contribution >= 4 is 11.3 Å². The van der Waals surface area contributed by atoms with Gasteiger partial charge in [-0.3, -0.25) is 0 Å². The highest BCUT2D eigenvalue weighted by molar-refractivity contribution is 7.11. The number of rotatable bonds is 1. The summed E-state index contributed by atoms with van der Waals surface area (Å²) in [5, 5.41) is 1.39. The van der Waals surface area contributed by atoms with Gasteiger partial charge in [0, 0.05) is 10.8 Å². The zero-order chi connectivity index (χ0) is 8.55. The van der Waals surface area contributed by atoms with Crippen LogP contribution in [-0.2, 0) is 0 Å². The Morgan fingerprint density at radius 3 is 2.42 bits per heavy atom. The smallest absolute Gasteiger partial charge is 0.0961 e. The molecule has 0 N–H and O–H groups in total. The summed E-state index contributed by atoms with van der Waals surface area (Å²) in [7, 11) is 0. The molecule has 2 rings (SSSR count). The topological polar surface area (TPSA) is 12.9 Å². The van der Waals surface area contributed by atoms with Gasteiger partial charge in [0.25, 0.3) is 0 Å². The largest absolute Gasteiger partial charge is 0.246 e. The fourth-order valence-electron chi connectivity index (χ4n) is 1.84. The predicted molar refractivity (Wildman–Crippen MR) is 52.8 cm³/mol. The summed E-state index contributed by atoms with van der Waals surface area (Å²) < 4.78 is 0. The summed E-state index contributed by atoms with van der Waals surface area (Å²) in [5.74, 6) is 0.794. The van der Waals surface area contributed by atoms with E-state index >= 15 is 0 Å². The highest BCUT2D eigenvalue weighted by Gasteiger charge is 2.20. The normalized spacial score (nSPS) is 18.8. The van der Waals surface area contributed by atoms with Crippen molar-refractivity contribution in [3.63, 3.8) is 0 Å². The maximum absolute atomic E-state index is 4.61. The van der Waals surface area contributed by atoms with Crippen LogP contribution in [0.3, 0.4) is 0 Å². The fourth-order valence-corrected chi connectivity index (χ4v) is 2.94. The van der Waals surface area contributed by atoms with E-state index in [1.165, 1.54) is 41.3 Å². The van der Waals surface area contributed by atoms with Crippen molar-refractivity contribution in [2.75, 3.05) is 0 Å². The first-order valence-corrected chi connectivity index (χ1v) is 5.53. The summed E-state index contributed by atoms with van der Waals surface area (Å²) >= 11 is 1.90. The lowest BCUT2D eigenvalue weighted by molar-refractivity contribution is 0.714. The minimum absolute atomic E-state index is 0.794. The Hall–Kier alpha value is -0.370. The van der Waals surface area contributed by atoms with Crippen LogP contribution in [0.4, 0.5) is 0 Å². The average Bonchev–Trinajstić information content (AvgIpc) is 2.61. The molecule has 0 bridgehead atoms. The molecule has 0 aromatic carbocycles. The number of thiazole rings is 1. The lowest BCUT2D eigenvalue weighted by atomic mass is 10.1. The molecule has 0 amide bonds. The highest BCUT2D eigenvalue weighted by Crippen LogP contribution is 2.36. The highest BCUT2D eigenvalue weighted by atomic mass is 32.1. The molecule has 1 heterocycles. The number of hydrogen-bond acceptors (Lipinski definition) is 2. The Morgan fingerprint density at radius 2 is 1.92 bits per heavy atom. The van der Waals surface area contributed by atoms with Gasteiger partial charge < -0.3 is 0 Å². The number of aryl methyl sites for hydroxylation is 2. The number of aromatic nitrogens is 1. The second-order valence-corrected chi connectivity index (χ2v) is 4.91. The molecule has 2 heteroatoms. The van der Waals surface area contributed by atoms with E-state index in [0.717, 1.165) is 5.92 Å². The molecule has 0 spiro atoms. The van der Waals surface area contributed by atoms with Crippen LogP contribution in [0.25, 0.3) is 0 Å². The SMILES string of the molecule is Cc1nc(C2CCCC2)sc1C. The Bertz CT molecular complexity index is 252. The zero-order valence-corrected chi connectivity index (χ0v) is 8.58. The molecule has 12 heavy (non-hydrogen) atoms. The summed E-state index contributed by atoms with van der Waals surface area (Å²) in [6.45, 7) is 4.29. The van der Waals surface area contributed by atoms with E-state index in [1.54, 1.807) is 0 Å². The lowest BCUT2D eigenvalue weighted by Gasteiger charge is -2.01. The molecule has 1 aliphatic carbocycles. The molecule has 0 unspecified atom stereocenters. The van der Waals surface area contributed by atoms with Crippen molar-refractivity contribution in [3.05, 3.63) is 15.6 Å². The van der Waals surface area contributed by atoms with Crippen LogP contribution in [-0.4, -0.2) is 4.98 Å². The maximum atomic E-state index is 4.61. The minimum Gasteiger partial charge on any atom is -0.246 e. The third kappa shape index (κ3) is 1.40. The molecule has 0 atom stereocenters. The molecular formula is C10H15NS. The van der Waals surface area contributed by atoms with Gasteiger partial charge in [0.05, 0.1) is 10.7 Å². The molecular weight excluding hydrogens is 166 g/mol. The van der Waals surface area contributed by atoms with Crippen molar-refractivity contribution in [3.8, 4) is 0 Å². The Balaban J connectivity index is 2.21. The van der Waals surface area contributed by atoms with Crippen molar-refractivity contribution in [1.29, 1.82) is 0 Å². The maximum Gasteiger partial charge on any atom is 0.0961 e. The third-order valence-corrected chi connectivity index (χ3v) is 3.98. The first kappa shape index (κ1) is 8.24. The number of nitrogens with zero attached hydrogens (tertiary/aromatic N) is 1. The molecule has 1 aromatic rings. The van der Waals surface area contributed by atoms with E-state index in [4.69, 9.17) is 0 Å². The van der Waals surface area contributed by atoms with Gasteiger partial charge in [-0.05, 0) is 26.7 Å². The van der Waals surface area contributed by atoms with Gasteiger partial charge in [-0.1, -0.05) is 12.8 Å². The van der Waals surface area contributed by atoms with Crippen LogP contribution >= 0.6 is 11.3 Å². The van der Waals surface area contributed by atoms with E-state index in [0.29, 0.717) is 0 Å². The molecule has 1 aromatic heterocycles. The van der Waals surface area contributed by atoms with Crippen molar-refractivity contribution in [2.24, 2.45) is 0 Å². The fraction of sp³-hybridized carbons (Fsp3) is 0.700. The standard InChI is InChI=1S/C10H15NS/c1-7-8(2)12-10(11-7)9-5-3-4-6-9/h9H,3-6H2,1-2H3. The van der Waals surface area contributed by atoms with Crippen LogP contribution in [0.15, 0.2) is 0 Å². The Labute approximate surface area is 77.8 Å². The van der Waals surface area contributed by atoms with Gasteiger partial charge in [-0.15, -0.1) is 11.3 Å². The van der Waals surface area contributed by atoms with Gasteiger partial charge in [-0.25, -0.2) is 4.98 Å². The van der Waals surface area contributed by atoms with Gasteiger partial charge >= 0.3 is 0 Å². The second kappa shape index (κ2) is 3.17. The Kier molecular flexibility index (Phi) is 2.18. The molecule has 1 nitrogen and oxygen atoms in total. The minimum atomic E-state index is 0.794. The molecule has 0 saturated heterocycles. The molecule has 1 fully saturated rings. The third-order valence-electron chi connectivity index (χ3n) is 2.75. The zero-order valence-electron chi connectivity index (χ0n) is 7.76. The predicted octanol–water partition coefficient (Wildman–Crippen LogP) is 3.42. The average molecular weight is 181 g/mol. The van der Waals surface area contributed by atoms with Crippen LogP contribution in [0.5, 0.6) is 0 Å². The van der Waals surface area contributed by atoms with Crippen LogP contribution in [0.1, 0.15) is 47.2 Å². The summed E-state index contributed by atoms with van der Waals surface area (Å²) in [5.41, 5.74) is 1.24. The van der Waals surface area contributed by atoms with E-state index in [1.807, 2.05) is 11.3 Å². The monoisotopic (exact) mass is 181 g/mol. The summed E-state index contributed by atoms with van der Waals surface area (Å²) in [6, 6.07) is 0. The first-order valence-electron chi connectivity index (χ1n) is 4.71. The van der Waals surface area contributed by atoms with E-state index in [9.17, 15) is 0 Å². The Morgan fingerprint density at radius 1 is 1.25 bits per heavy atom. The van der Waals surface area contributed by atoms with E-state index in [2.05, 4.69) is 18.8 Å². The van der Waals surface area contributed by atoms with Crippen molar-refractivity contribution in [1.82, 2.24) is 4.98 Å². The van der Waals surface area contributed by atoms with Gasteiger partial charge in [-0.2, -0.15) is 0 Å². The van der Waals surface area contributed by atoms with Crippen molar-refractivity contribution < 1.29 is 0 Å². The van der Waals surface area contributed by atoms with Crippen LogP contribution < -0.4 is 0 Å². The van der Waals surface area contributed by atoms with Crippen LogP contribution in [0, 0.1) is 13.8 Å². The second-order valence-electron chi connectivity index (χ2n) is 3.68. The van der Waals surface area contributed by atoms with Gasteiger partial charge in [0.15, 0.2) is 0 Å². The molecule has 0 aliphatic heterocycles. The van der Waals surface area contributed by atoms with E-state index < -0.39 is 0 Å². The van der Waals surface area contributed by atoms with Crippen molar-refractivity contribution in [2.45, 2.75) is 45.4 Å². The summed E-state index contributed by atoms with van der Waals surface area (Å²) in [4.78, 5) is 6.01. The molecule has 0 radical (unpaired) electrons. The van der Waals surface area contributed by atoms with E-state index in [-0.39, 0.29) is 0 Å². The quantitative estimate of drug-likeness (QED) is 0.647.